The van der Waals surface area contributed by atoms with Crippen molar-refractivity contribution < 1.29 is 9.84 Å². The first kappa shape index (κ1) is 14.3. The van der Waals surface area contributed by atoms with Crippen LogP contribution in [0.15, 0.2) is 21.1 Å². The summed E-state index contributed by atoms with van der Waals surface area (Å²) in [5.41, 5.74) is 1.14. The summed E-state index contributed by atoms with van der Waals surface area (Å²) in [5.74, 6) is 0.249. The molecule has 1 fully saturated rings. The van der Waals surface area contributed by atoms with Gasteiger partial charge in [-0.05, 0) is 69.3 Å². The van der Waals surface area contributed by atoms with Crippen LogP contribution in [0.5, 0.6) is 5.75 Å². The number of aromatic hydroxyl groups is 1. The van der Waals surface area contributed by atoms with Gasteiger partial charge in [0.1, 0.15) is 5.75 Å². The van der Waals surface area contributed by atoms with Crippen molar-refractivity contribution in [3.05, 3.63) is 26.6 Å². The van der Waals surface area contributed by atoms with Crippen molar-refractivity contribution in [2.24, 2.45) is 0 Å². The Balaban J connectivity index is 1.81. The van der Waals surface area contributed by atoms with Crippen molar-refractivity contribution in [1.29, 1.82) is 0 Å². The normalized spacial score (nSPS) is 22.8. The molecule has 1 saturated carbocycles. The minimum Gasteiger partial charge on any atom is -0.506 e. The van der Waals surface area contributed by atoms with Crippen LogP contribution in [0.2, 0.25) is 0 Å². The van der Waals surface area contributed by atoms with Crippen molar-refractivity contribution in [3.63, 3.8) is 0 Å². The highest BCUT2D eigenvalue weighted by molar-refractivity contribution is 9.11. The summed E-state index contributed by atoms with van der Waals surface area (Å²) in [6.07, 6.45) is 2.62. The molecule has 0 aliphatic heterocycles. The maximum Gasteiger partial charge on any atom is 0.143 e. The molecule has 0 radical (unpaired) electrons. The maximum atomic E-state index is 9.63. The first-order valence-electron chi connectivity index (χ1n) is 6.12. The molecule has 0 bridgehead atoms. The number of nitrogens with one attached hydrogen (secondary N) is 1. The first-order chi connectivity index (χ1) is 8.60. The lowest BCUT2D eigenvalue weighted by Crippen LogP contribution is -2.45. The zero-order valence-corrected chi connectivity index (χ0v) is 13.4. The van der Waals surface area contributed by atoms with Crippen LogP contribution in [-0.2, 0) is 11.3 Å². The Labute approximate surface area is 124 Å². The third-order valence-electron chi connectivity index (χ3n) is 3.17. The van der Waals surface area contributed by atoms with Gasteiger partial charge in [-0.15, -0.1) is 0 Å². The number of halogens is 2. The molecule has 5 heteroatoms. The molecule has 0 spiro atoms. The van der Waals surface area contributed by atoms with Gasteiger partial charge in [-0.2, -0.15) is 0 Å². The van der Waals surface area contributed by atoms with Gasteiger partial charge in [-0.1, -0.05) is 0 Å². The number of hydrogen-bond acceptors (Lipinski definition) is 3. The molecule has 0 unspecified atom stereocenters. The fourth-order valence-electron chi connectivity index (χ4n) is 2.09. The molecule has 0 aromatic heterocycles. The van der Waals surface area contributed by atoms with E-state index in [0.717, 1.165) is 40.5 Å². The van der Waals surface area contributed by atoms with E-state index in [0.29, 0.717) is 12.1 Å². The third kappa shape index (κ3) is 3.47. The average Bonchev–Trinajstić information content (AvgIpc) is 2.28. The van der Waals surface area contributed by atoms with E-state index < -0.39 is 0 Å². The Morgan fingerprint density at radius 3 is 2.50 bits per heavy atom. The summed E-state index contributed by atoms with van der Waals surface area (Å²) in [4.78, 5) is 0. The summed E-state index contributed by atoms with van der Waals surface area (Å²) in [7, 11) is 0. The van der Waals surface area contributed by atoms with Gasteiger partial charge in [-0.3, -0.25) is 0 Å². The van der Waals surface area contributed by atoms with Crippen molar-refractivity contribution in [2.45, 2.75) is 38.5 Å². The minimum atomic E-state index is 0.249. The van der Waals surface area contributed by atoms with Crippen LogP contribution < -0.4 is 5.32 Å². The van der Waals surface area contributed by atoms with Crippen LogP contribution in [0, 0.1) is 0 Å². The maximum absolute atomic E-state index is 9.63. The Morgan fingerprint density at radius 2 is 1.94 bits per heavy atom. The van der Waals surface area contributed by atoms with Crippen molar-refractivity contribution >= 4 is 31.9 Å². The zero-order valence-electron chi connectivity index (χ0n) is 10.2. The molecule has 2 rings (SSSR count). The minimum absolute atomic E-state index is 0.249. The van der Waals surface area contributed by atoms with Gasteiger partial charge < -0.3 is 15.2 Å². The van der Waals surface area contributed by atoms with Crippen molar-refractivity contribution in [2.75, 3.05) is 6.61 Å². The van der Waals surface area contributed by atoms with Crippen LogP contribution in [-0.4, -0.2) is 23.9 Å². The van der Waals surface area contributed by atoms with Crippen LogP contribution >= 0.6 is 31.9 Å². The van der Waals surface area contributed by atoms with E-state index in [4.69, 9.17) is 4.74 Å². The molecule has 2 N–H and O–H groups in total. The average molecular weight is 379 g/mol. The predicted molar refractivity (Wildman–Crippen MR) is 78.8 cm³/mol. The quantitative estimate of drug-likeness (QED) is 0.822. The van der Waals surface area contributed by atoms with Gasteiger partial charge in [-0.25, -0.2) is 0 Å². The molecule has 0 heterocycles. The van der Waals surface area contributed by atoms with Crippen molar-refractivity contribution in [1.82, 2.24) is 5.32 Å². The van der Waals surface area contributed by atoms with Gasteiger partial charge in [0, 0.05) is 19.2 Å². The van der Waals surface area contributed by atoms with Gasteiger partial charge in [0.05, 0.1) is 15.0 Å². The lowest BCUT2D eigenvalue weighted by atomic mass is 9.89. The summed E-state index contributed by atoms with van der Waals surface area (Å²) < 4.78 is 6.96. The highest BCUT2D eigenvalue weighted by Gasteiger charge is 2.28. The molecular weight excluding hydrogens is 362 g/mol. The Bertz CT molecular complexity index is 396. The Hall–Kier alpha value is -0.100. The topological polar surface area (TPSA) is 41.5 Å². The lowest BCUT2D eigenvalue weighted by Gasteiger charge is -2.35. The van der Waals surface area contributed by atoms with Crippen LogP contribution in [0.4, 0.5) is 0 Å². The highest BCUT2D eigenvalue weighted by atomic mass is 79.9. The molecule has 0 saturated heterocycles. The second kappa shape index (κ2) is 6.37. The number of ether oxygens (including phenoxy) is 1. The SMILES string of the molecule is CCOC1CC(NCc2cc(Br)c(O)c(Br)c2)C1. The fourth-order valence-corrected chi connectivity index (χ4v) is 3.37. The molecule has 18 heavy (non-hydrogen) atoms. The molecule has 1 aliphatic rings. The van der Waals surface area contributed by atoms with E-state index in [9.17, 15) is 5.11 Å². The van der Waals surface area contributed by atoms with Gasteiger partial charge >= 0.3 is 0 Å². The summed E-state index contributed by atoms with van der Waals surface area (Å²) >= 11 is 6.67. The molecule has 0 amide bonds. The zero-order chi connectivity index (χ0) is 13.1. The molecule has 1 aromatic carbocycles. The first-order valence-corrected chi connectivity index (χ1v) is 7.70. The number of benzene rings is 1. The molecule has 1 aliphatic carbocycles. The van der Waals surface area contributed by atoms with Crippen molar-refractivity contribution in [3.8, 4) is 5.75 Å². The Morgan fingerprint density at radius 1 is 1.33 bits per heavy atom. The number of rotatable bonds is 5. The van der Waals surface area contributed by atoms with E-state index in [1.807, 2.05) is 19.1 Å². The fraction of sp³-hybridized carbons (Fsp3) is 0.538. The second-order valence-corrected chi connectivity index (χ2v) is 6.24. The smallest absolute Gasteiger partial charge is 0.143 e. The lowest BCUT2D eigenvalue weighted by molar-refractivity contribution is -0.0102. The molecule has 1 aromatic rings. The number of phenols is 1. The molecule has 100 valence electrons. The third-order valence-corrected chi connectivity index (χ3v) is 4.38. The van der Waals surface area contributed by atoms with E-state index >= 15 is 0 Å². The number of hydrogen-bond donors (Lipinski definition) is 2. The molecule has 0 atom stereocenters. The predicted octanol–water partition coefficient (Wildman–Crippen LogP) is 3.57. The highest BCUT2D eigenvalue weighted by Crippen LogP contribution is 2.33. The molecular formula is C13H17Br2NO2. The van der Waals surface area contributed by atoms with Gasteiger partial charge in [0.25, 0.3) is 0 Å². The van der Waals surface area contributed by atoms with E-state index in [-0.39, 0.29) is 5.75 Å². The Kier molecular flexibility index (Phi) is 5.06. The van der Waals surface area contributed by atoms with Crippen LogP contribution in [0.3, 0.4) is 0 Å². The number of phenolic OH excluding ortho intramolecular Hbond substituents is 1. The van der Waals surface area contributed by atoms with E-state index in [1.165, 1.54) is 0 Å². The van der Waals surface area contributed by atoms with E-state index in [2.05, 4.69) is 37.2 Å². The monoisotopic (exact) mass is 377 g/mol. The summed E-state index contributed by atoms with van der Waals surface area (Å²) in [6.45, 7) is 3.64. The summed E-state index contributed by atoms with van der Waals surface area (Å²) in [6, 6.07) is 4.42. The molecule has 3 nitrogen and oxygen atoms in total. The van der Waals surface area contributed by atoms with Gasteiger partial charge in [0.2, 0.25) is 0 Å². The van der Waals surface area contributed by atoms with Gasteiger partial charge in [0.15, 0.2) is 0 Å². The van der Waals surface area contributed by atoms with Crippen LogP contribution in [0.25, 0.3) is 0 Å². The van der Waals surface area contributed by atoms with Crippen LogP contribution in [0.1, 0.15) is 25.3 Å². The second-order valence-electron chi connectivity index (χ2n) is 4.53. The largest absolute Gasteiger partial charge is 0.506 e. The summed E-state index contributed by atoms with van der Waals surface area (Å²) in [5, 5.41) is 13.1. The standard InChI is InChI=1S/C13H17Br2NO2/c1-2-18-10-5-9(6-10)16-7-8-3-11(14)13(17)12(15)4-8/h3-4,9-10,16-17H,2,5-7H2,1H3. The van der Waals surface area contributed by atoms with E-state index in [1.54, 1.807) is 0 Å².